The van der Waals surface area contributed by atoms with Gasteiger partial charge in [0.2, 0.25) is 0 Å². The van der Waals surface area contributed by atoms with E-state index < -0.39 is 0 Å². The summed E-state index contributed by atoms with van der Waals surface area (Å²) >= 11 is 0. The highest BCUT2D eigenvalue weighted by molar-refractivity contribution is 5.95. The molecule has 4 heteroatoms. The third-order valence-corrected chi connectivity index (χ3v) is 4.97. The lowest BCUT2D eigenvalue weighted by Crippen LogP contribution is -2.58. The largest absolute Gasteiger partial charge is 0.339 e. The summed E-state index contributed by atoms with van der Waals surface area (Å²) in [6.07, 6.45) is 3.30. The second kappa shape index (κ2) is 8.08. The number of hydrogen-bond donors (Lipinski definition) is 1. The van der Waals surface area contributed by atoms with Crippen LogP contribution >= 0.6 is 0 Å². The molecule has 25 heavy (non-hydrogen) atoms. The second-order valence-electron chi connectivity index (χ2n) is 6.74. The van der Waals surface area contributed by atoms with Gasteiger partial charge < -0.3 is 5.32 Å². The van der Waals surface area contributed by atoms with E-state index >= 15 is 0 Å². The van der Waals surface area contributed by atoms with Gasteiger partial charge in [-0.1, -0.05) is 48.5 Å². The van der Waals surface area contributed by atoms with Crippen LogP contribution in [0.5, 0.6) is 0 Å². The van der Waals surface area contributed by atoms with Crippen molar-refractivity contribution in [2.45, 2.75) is 25.8 Å². The highest BCUT2D eigenvalue weighted by Gasteiger charge is 2.38. The molecule has 0 bridgehead atoms. The summed E-state index contributed by atoms with van der Waals surface area (Å²) in [5, 5.41) is 2.80. The van der Waals surface area contributed by atoms with Crippen molar-refractivity contribution < 1.29 is 14.1 Å². The zero-order valence-corrected chi connectivity index (χ0v) is 14.5. The highest BCUT2D eigenvalue weighted by atomic mass is 16.2. The zero-order chi connectivity index (χ0) is 17.5. The van der Waals surface area contributed by atoms with E-state index in [0.717, 1.165) is 25.9 Å². The van der Waals surface area contributed by atoms with Gasteiger partial charge in [-0.3, -0.25) is 9.28 Å². The fourth-order valence-corrected chi connectivity index (χ4v) is 3.56. The van der Waals surface area contributed by atoms with Crippen LogP contribution in [0.1, 0.15) is 35.2 Å². The zero-order valence-electron chi connectivity index (χ0n) is 14.5. The summed E-state index contributed by atoms with van der Waals surface area (Å²) < 4.78 is 0.444. The van der Waals surface area contributed by atoms with Crippen molar-refractivity contribution >= 4 is 11.8 Å². The molecule has 0 spiro atoms. The van der Waals surface area contributed by atoms with Crippen LogP contribution in [0.15, 0.2) is 60.7 Å². The van der Waals surface area contributed by atoms with Crippen LogP contribution in [-0.2, 0) is 11.3 Å². The molecule has 130 valence electrons. The molecule has 0 saturated carbocycles. The Labute approximate surface area is 149 Å². The van der Waals surface area contributed by atoms with Crippen molar-refractivity contribution in [3.8, 4) is 0 Å². The predicted molar refractivity (Wildman–Crippen MR) is 97.8 cm³/mol. The Morgan fingerprint density at radius 2 is 1.44 bits per heavy atom. The molecule has 1 N–H and O–H groups in total. The molecular weight excluding hydrogens is 312 g/mol. The number of carbonyl (C=O) groups is 2. The SMILES string of the molecule is O=C(NCC(=O)[N+]1(Cc2ccccc2)CCCCC1)c1ccccc1. The molecule has 1 aliphatic heterocycles. The Morgan fingerprint density at radius 3 is 2.08 bits per heavy atom. The van der Waals surface area contributed by atoms with E-state index in [1.54, 1.807) is 12.1 Å². The second-order valence-corrected chi connectivity index (χ2v) is 6.74. The molecule has 4 nitrogen and oxygen atoms in total. The van der Waals surface area contributed by atoms with Crippen molar-refractivity contribution in [1.29, 1.82) is 0 Å². The Bertz CT molecular complexity index is 707. The molecule has 0 radical (unpaired) electrons. The van der Waals surface area contributed by atoms with Gasteiger partial charge in [-0.25, -0.2) is 4.79 Å². The summed E-state index contributed by atoms with van der Waals surface area (Å²) in [5.41, 5.74) is 1.76. The van der Waals surface area contributed by atoms with E-state index in [1.807, 2.05) is 36.4 Å². The van der Waals surface area contributed by atoms with Crippen LogP contribution in [0.25, 0.3) is 0 Å². The minimum Gasteiger partial charge on any atom is -0.339 e. The number of amides is 2. The van der Waals surface area contributed by atoms with E-state index in [4.69, 9.17) is 0 Å². The summed E-state index contributed by atoms with van der Waals surface area (Å²) in [4.78, 5) is 25.2. The fraction of sp³-hybridized carbons (Fsp3) is 0.333. The lowest BCUT2D eigenvalue weighted by atomic mass is 10.0. The van der Waals surface area contributed by atoms with Crippen molar-refractivity contribution in [1.82, 2.24) is 5.32 Å². The first kappa shape index (κ1) is 17.4. The first-order valence-corrected chi connectivity index (χ1v) is 8.96. The Morgan fingerprint density at radius 1 is 0.840 bits per heavy atom. The van der Waals surface area contributed by atoms with E-state index in [0.29, 0.717) is 16.6 Å². The van der Waals surface area contributed by atoms with E-state index in [1.165, 1.54) is 12.0 Å². The molecule has 2 amide bonds. The number of nitrogens with one attached hydrogen (secondary N) is 1. The first-order valence-electron chi connectivity index (χ1n) is 8.96. The number of quaternary nitrogens is 1. The standard InChI is InChI=1S/C21H24N2O2/c24-20(16-22-21(25)19-12-6-2-7-13-19)23(14-8-3-9-15-23)17-18-10-4-1-5-11-18/h1-2,4-7,10-13H,3,8-9,14-17H2/p+1. The molecule has 1 aliphatic rings. The molecule has 1 heterocycles. The van der Waals surface area contributed by atoms with E-state index in [2.05, 4.69) is 17.4 Å². The molecule has 0 aliphatic carbocycles. The van der Waals surface area contributed by atoms with Crippen molar-refractivity contribution in [2.75, 3.05) is 19.6 Å². The molecule has 1 saturated heterocycles. The van der Waals surface area contributed by atoms with Crippen LogP contribution in [0, 0.1) is 0 Å². The molecule has 0 atom stereocenters. The fourth-order valence-electron chi connectivity index (χ4n) is 3.56. The Balaban J connectivity index is 1.68. The van der Waals surface area contributed by atoms with E-state index in [9.17, 15) is 9.59 Å². The van der Waals surface area contributed by atoms with Gasteiger partial charge in [0.05, 0.1) is 13.1 Å². The highest BCUT2D eigenvalue weighted by Crippen LogP contribution is 2.23. The number of nitrogens with zero attached hydrogens (tertiary/aromatic N) is 1. The lowest BCUT2D eigenvalue weighted by Gasteiger charge is -2.39. The molecule has 0 unspecified atom stereocenters. The van der Waals surface area contributed by atoms with E-state index in [-0.39, 0.29) is 18.4 Å². The number of rotatable bonds is 5. The molecule has 0 aromatic heterocycles. The number of likely N-dealkylation sites (tertiary alicyclic amines) is 1. The van der Waals surface area contributed by atoms with Gasteiger partial charge in [0.1, 0.15) is 13.1 Å². The normalized spacial score (nSPS) is 16.2. The van der Waals surface area contributed by atoms with Crippen molar-refractivity contribution in [3.63, 3.8) is 0 Å². The van der Waals surface area contributed by atoms with Gasteiger partial charge >= 0.3 is 5.91 Å². The maximum absolute atomic E-state index is 13.0. The number of piperidine rings is 1. The molecular formula is C21H25N2O2+. The quantitative estimate of drug-likeness (QED) is 0.852. The van der Waals surface area contributed by atoms with Crippen LogP contribution in [0.2, 0.25) is 0 Å². The summed E-state index contributed by atoms with van der Waals surface area (Å²) in [6.45, 7) is 2.51. The van der Waals surface area contributed by atoms with Crippen LogP contribution in [0.3, 0.4) is 0 Å². The van der Waals surface area contributed by atoms with Gasteiger partial charge in [-0.15, -0.1) is 0 Å². The maximum Gasteiger partial charge on any atom is 0.333 e. The lowest BCUT2D eigenvalue weighted by molar-refractivity contribution is -0.872. The molecule has 2 aromatic carbocycles. The van der Waals surface area contributed by atoms with Gasteiger partial charge in [-0.05, 0) is 31.4 Å². The third-order valence-electron chi connectivity index (χ3n) is 4.97. The van der Waals surface area contributed by atoms with Gasteiger partial charge in [0.15, 0.2) is 0 Å². The van der Waals surface area contributed by atoms with Gasteiger partial charge in [0, 0.05) is 11.1 Å². The summed E-state index contributed by atoms with van der Waals surface area (Å²) in [5.74, 6) is -0.0864. The third kappa shape index (κ3) is 4.34. The average Bonchev–Trinajstić information content (AvgIpc) is 2.68. The maximum atomic E-state index is 13.0. The van der Waals surface area contributed by atoms with Gasteiger partial charge in [0.25, 0.3) is 5.91 Å². The minimum absolute atomic E-state index is 0.0839. The van der Waals surface area contributed by atoms with Crippen molar-refractivity contribution in [3.05, 3.63) is 71.8 Å². The molecule has 1 fully saturated rings. The monoisotopic (exact) mass is 337 g/mol. The van der Waals surface area contributed by atoms with Crippen molar-refractivity contribution in [2.24, 2.45) is 0 Å². The Kier molecular flexibility index (Phi) is 5.61. The smallest absolute Gasteiger partial charge is 0.333 e. The summed E-state index contributed by atoms with van der Waals surface area (Å²) in [6, 6.07) is 19.2. The first-order chi connectivity index (χ1) is 12.2. The summed E-state index contributed by atoms with van der Waals surface area (Å²) in [7, 11) is 0. The minimum atomic E-state index is -0.191. The van der Waals surface area contributed by atoms with Crippen LogP contribution in [-0.4, -0.2) is 35.9 Å². The predicted octanol–water partition coefficient (Wildman–Crippen LogP) is 3.14. The topological polar surface area (TPSA) is 46.2 Å². The molecule has 3 rings (SSSR count). The average molecular weight is 337 g/mol. The Hall–Kier alpha value is -2.46. The van der Waals surface area contributed by atoms with Gasteiger partial charge in [-0.2, -0.15) is 0 Å². The van der Waals surface area contributed by atoms with Crippen LogP contribution < -0.4 is 5.32 Å². The van der Waals surface area contributed by atoms with Crippen LogP contribution in [0.4, 0.5) is 0 Å². The number of hydrogen-bond acceptors (Lipinski definition) is 2. The number of carbonyl (C=O) groups excluding carboxylic acids is 2. The molecule has 2 aromatic rings. The number of benzene rings is 2.